The van der Waals surface area contributed by atoms with Crippen LogP contribution in [0.1, 0.15) is 24.8 Å². The van der Waals surface area contributed by atoms with E-state index in [1.165, 1.54) is 34.9 Å². The first-order chi connectivity index (χ1) is 11.3. The number of benzene rings is 1. The Morgan fingerprint density at radius 2 is 2.04 bits per heavy atom. The fourth-order valence-electron chi connectivity index (χ4n) is 4.07. The minimum Gasteiger partial charge on any atom is -0.280 e. The molecule has 0 unspecified atom stereocenters. The normalized spacial score (nSPS) is 30.8. The quantitative estimate of drug-likeness (QED) is 0.814. The standard InChI is InChI=1S/C17H23N3OS2/c1-21-20-14-9-5-4-8-13(14)17(12-18-16(22-2)23-17)15(20)19-10-6-3-7-11-19/h4-5,8-9,15H,3,6-7,10-12H2,1-2H3/t15-,17-/m0/s1. The molecular formula is C17H23N3OS2. The molecule has 1 aromatic rings. The van der Waals surface area contributed by atoms with E-state index in [9.17, 15) is 0 Å². The van der Waals surface area contributed by atoms with Crippen molar-refractivity contribution >= 4 is 33.6 Å². The largest absolute Gasteiger partial charge is 0.280 e. The number of piperidine rings is 1. The fraction of sp³-hybridized carbons (Fsp3) is 0.588. The van der Waals surface area contributed by atoms with Crippen molar-refractivity contribution in [1.82, 2.24) is 4.90 Å². The minimum atomic E-state index is -0.0394. The molecule has 3 aliphatic rings. The van der Waals surface area contributed by atoms with Gasteiger partial charge in [-0.05, 0) is 30.7 Å². The lowest BCUT2D eigenvalue weighted by Gasteiger charge is -2.43. The van der Waals surface area contributed by atoms with Crippen LogP contribution < -0.4 is 5.06 Å². The molecule has 3 heterocycles. The number of hydroxylamine groups is 1. The van der Waals surface area contributed by atoms with Crippen LogP contribution in [0.4, 0.5) is 5.69 Å². The lowest BCUT2D eigenvalue weighted by atomic mass is 9.96. The van der Waals surface area contributed by atoms with Crippen LogP contribution in [0.2, 0.25) is 0 Å². The van der Waals surface area contributed by atoms with Crippen LogP contribution >= 0.6 is 23.5 Å². The van der Waals surface area contributed by atoms with E-state index in [-0.39, 0.29) is 10.9 Å². The molecule has 2 atom stereocenters. The Hall–Kier alpha value is -0.690. The van der Waals surface area contributed by atoms with E-state index in [1.54, 1.807) is 18.9 Å². The van der Waals surface area contributed by atoms with Gasteiger partial charge in [0.05, 0.1) is 19.3 Å². The summed E-state index contributed by atoms with van der Waals surface area (Å²) in [7, 11) is 1.79. The highest BCUT2D eigenvalue weighted by molar-refractivity contribution is 8.39. The van der Waals surface area contributed by atoms with Gasteiger partial charge in [-0.25, -0.2) is 5.06 Å². The van der Waals surface area contributed by atoms with Gasteiger partial charge in [0.2, 0.25) is 0 Å². The van der Waals surface area contributed by atoms with Gasteiger partial charge in [0.15, 0.2) is 0 Å². The molecule has 1 saturated heterocycles. The lowest BCUT2D eigenvalue weighted by Crippen LogP contribution is -2.56. The van der Waals surface area contributed by atoms with Gasteiger partial charge in [0.1, 0.15) is 15.3 Å². The first-order valence-corrected chi connectivity index (χ1v) is 10.3. The van der Waals surface area contributed by atoms with Crippen LogP contribution in [0, 0.1) is 0 Å². The molecule has 124 valence electrons. The van der Waals surface area contributed by atoms with E-state index in [1.807, 2.05) is 11.8 Å². The maximum absolute atomic E-state index is 5.88. The molecule has 0 saturated carbocycles. The van der Waals surface area contributed by atoms with Crippen molar-refractivity contribution in [1.29, 1.82) is 0 Å². The monoisotopic (exact) mass is 349 g/mol. The van der Waals surface area contributed by atoms with E-state index >= 15 is 0 Å². The number of nitrogens with zero attached hydrogens (tertiary/aromatic N) is 3. The Balaban J connectivity index is 1.78. The highest BCUT2D eigenvalue weighted by atomic mass is 32.2. The molecule has 1 spiro atoms. The van der Waals surface area contributed by atoms with E-state index in [0.717, 1.165) is 19.6 Å². The average Bonchev–Trinajstić information content (AvgIpc) is 3.16. The zero-order chi connectivity index (χ0) is 15.9. The number of anilines is 1. The number of rotatable bonds is 2. The summed E-state index contributed by atoms with van der Waals surface area (Å²) < 4.78 is 1.15. The van der Waals surface area contributed by atoms with E-state index in [2.05, 4.69) is 40.5 Å². The van der Waals surface area contributed by atoms with E-state index in [4.69, 9.17) is 9.83 Å². The van der Waals surface area contributed by atoms with Crippen LogP contribution in [0.5, 0.6) is 0 Å². The highest BCUT2D eigenvalue weighted by Crippen LogP contribution is 2.57. The number of hydrogen-bond acceptors (Lipinski definition) is 6. The van der Waals surface area contributed by atoms with Gasteiger partial charge < -0.3 is 0 Å². The Kier molecular flexibility index (Phi) is 4.34. The maximum atomic E-state index is 5.88. The van der Waals surface area contributed by atoms with Crippen molar-refractivity contribution in [3.05, 3.63) is 29.8 Å². The summed E-state index contributed by atoms with van der Waals surface area (Å²) in [6, 6.07) is 8.69. The molecule has 3 aliphatic heterocycles. The minimum absolute atomic E-state index is 0.0394. The van der Waals surface area contributed by atoms with E-state index < -0.39 is 0 Å². The molecule has 0 N–H and O–H groups in total. The molecule has 0 amide bonds. The molecule has 4 nitrogen and oxygen atoms in total. The van der Waals surface area contributed by atoms with Crippen LogP contribution in [-0.2, 0) is 9.58 Å². The van der Waals surface area contributed by atoms with Crippen molar-refractivity contribution in [2.24, 2.45) is 4.99 Å². The molecule has 1 fully saturated rings. The SMILES string of the molecule is CON1c2ccccc2[C@@]2(CN=C(SC)S2)[C@H]1N1CCCCC1. The van der Waals surface area contributed by atoms with Gasteiger partial charge in [-0.1, -0.05) is 36.4 Å². The van der Waals surface area contributed by atoms with Gasteiger partial charge in [-0.2, -0.15) is 0 Å². The van der Waals surface area contributed by atoms with Gasteiger partial charge in [-0.3, -0.25) is 14.7 Å². The second-order valence-corrected chi connectivity index (χ2v) is 8.65. The predicted octanol–water partition coefficient (Wildman–Crippen LogP) is 3.54. The molecule has 0 radical (unpaired) electrons. The predicted molar refractivity (Wildman–Crippen MR) is 100 cm³/mol. The molecule has 0 bridgehead atoms. The maximum Gasteiger partial charge on any atom is 0.130 e. The van der Waals surface area contributed by atoms with Crippen molar-refractivity contribution in [2.75, 3.05) is 38.1 Å². The summed E-state index contributed by atoms with van der Waals surface area (Å²) in [5, 5.41) is 2.13. The summed E-state index contributed by atoms with van der Waals surface area (Å²) in [6.07, 6.45) is 6.25. The molecule has 23 heavy (non-hydrogen) atoms. The second kappa shape index (κ2) is 6.31. The van der Waals surface area contributed by atoms with Gasteiger partial charge >= 0.3 is 0 Å². The summed E-state index contributed by atoms with van der Waals surface area (Å²) in [5.41, 5.74) is 2.57. The lowest BCUT2D eigenvalue weighted by molar-refractivity contribution is 0.0421. The van der Waals surface area contributed by atoms with Crippen LogP contribution in [0.25, 0.3) is 0 Å². The number of hydrogen-bond donors (Lipinski definition) is 0. The number of para-hydroxylation sites is 1. The fourth-order valence-corrected chi connectivity index (χ4v) is 6.25. The topological polar surface area (TPSA) is 28.1 Å². The first-order valence-electron chi connectivity index (χ1n) is 8.24. The third kappa shape index (κ3) is 2.42. The third-order valence-corrected chi connectivity index (χ3v) is 7.51. The summed E-state index contributed by atoms with van der Waals surface area (Å²) in [5.74, 6) is 0. The van der Waals surface area contributed by atoms with Gasteiger partial charge in [0, 0.05) is 13.1 Å². The number of likely N-dealkylation sites (tertiary alicyclic amines) is 1. The summed E-state index contributed by atoms with van der Waals surface area (Å²) >= 11 is 3.69. The van der Waals surface area contributed by atoms with Crippen LogP contribution in [0.15, 0.2) is 29.3 Å². The molecule has 4 rings (SSSR count). The Labute approximate surface area is 146 Å². The second-order valence-electron chi connectivity index (χ2n) is 6.27. The smallest absolute Gasteiger partial charge is 0.130 e. The van der Waals surface area contributed by atoms with Crippen LogP contribution in [-0.4, -0.2) is 48.4 Å². The Morgan fingerprint density at radius 1 is 1.26 bits per heavy atom. The van der Waals surface area contributed by atoms with Gasteiger partial charge in [0.25, 0.3) is 0 Å². The Morgan fingerprint density at radius 3 is 2.74 bits per heavy atom. The summed E-state index contributed by atoms with van der Waals surface area (Å²) in [6.45, 7) is 3.14. The molecule has 1 aromatic carbocycles. The molecule has 0 aromatic heterocycles. The Bertz CT molecular complexity index is 618. The number of aliphatic imine (C=N–C) groups is 1. The zero-order valence-corrected chi connectivity index (χ0v) is 15.3. The van der Waals surface area contributed by atoms with Crippen molar-refractivity contribution in [3.63, 3.8) is 0 Å². The zero-order valence-electron chi connectivity index (χ0n) is 13.7. The molecule has 6 heteroatoms. The third-order valence-electron chi connectivity index (χ3n) is 5.06. The van der Waals surface area contributed by atoms with E-state index in [0.29, 0.717) is 0 Å². The molecule has 0 aliphatic carbocycles. The van der Waals surface area contributed by atoms with Crippen molar-refractivity contribution in [2.45, 2.75) is 30.2 Å². The van der Waals surface area contributed by atoms with Crippen molar-refractivity contribution < 1.29 is 4.84 Å². The molecular weight excluding hydrogens is 326 g/mol. The van der Waals surface area contributed by atoms with Crippen molar-refractivity contribution in [3.8, 4) is 0 Å². The number of thioether (sulfide) groups is 2. The van der Waals surface area contributed by atoms with Gasteiger partial charge in [-0.15, -0.1) is 11.8 Å². The average molecular weight is 350 g/mol. The van der Waals surface area contributed by atoms with Crippen LogP contribution in [0.3, 0.4) is 0 Å². The number of fused-ring (bicyclic) bond motifs is 2. The highest BCUT2D eigenvalue weighted by Gasteiger charge is 2.57. The first kappa shape index (κ1) is 15.8. The summed E-state index contributed by atoms with van der Waals surface area (Å²) in [4.78, 5) is 13.3.